The van der Waals surface area contributed by atoms with E-state index in [1.54, 1.807) is 12.1 Å². The number of hydrogen-bond acceptors (Lipinski definition) is 5. The summed E-state index contributed by atoms with van der Waals surface area (Å²) in [6.45, 7) is 9.50. The number of rotatable bonds is 7. The maximum Gasteiger partial charge on any atom is 0.255 e. The smallest absolute Gasteiger partial charge is 0.255 e. The van der Waals surface area contributed by atoms with Crippen LogP contribution >= 0.6 is 0 Å². The molecule has 0 bridgehead atoms. The summed E-state index contributed by atoms with van der Waals surface area (Å²) in [5, 5.41) is 12.9. The fourth-order valence-corrected chi connectivity index (χ4v) is 4.20. The first-order valence-corrected chi connectivity index (χ1v) is 10.7. The number of amides is 1. The predicted molar refractivity (Wildman–Crippen MR) is 124 cm³/mol. The molecule has 0 unspecified atom stereocenters. The van der Waals surface area contributed by atoms with E-state index in [0.29, 0.717) is 29.5 Å². The van der Waals surface area contributed by atoms with Crippen molar-refractivity contribution in [1.29, 1.82) is 0 Å². The number of carbonyl (C=O) groups is 1. The van der Waals surface area contributed by atoms with Crippen molar-refractivity contribution < 1.29 is 9.90 Å². The molecule has 30 heavy (non-hydrogen) atoms. The van der Waals surface area contributed by atoms with E-state index in [1.165, 1.54) is 0 Å². The summed E-state index contributed by atoms with van der Waals surface area (Å²) in [7, 11) is 0. The summed E-state index contributed by atoms with van der Waals surface area (Å²) in [6.07, 6.45) is 2.14. The second-order valence-corrected chi connectivity index (χ2v) is 8.69. The molecule has 0 radical (unpaired) electrons. The first-order valence-electron chi connectivity index (χ1n) is 10.7. The molecule has 4 N–H and O–H groups in total. The second-order valence-electron chi connectivity index (χ2n) is 8.69. The van der Waals surface area contributed by atoms with E-state index in [0.717, 1.165) is 38.2 Å². The number of anilines is 3. The molecule has 1 heterocycles. The van der Waals surface area contributed by atoms with Crippen LogP contribution in [-0.4, -0.2) is 53.7 Å². The summed E-state index contributed by atoms with van der Waals surface area (Å²) in [5.74, 6) is -0.164. The summed E-state index contributed by atoms with van der Waals surface area (Å²) in [6, 6.07) is 15.5. The van der Waals surface area contributed by atoms with E-state index in [9.17, 15) is 9.90 Å². The Morgan fingerprint density at radius 1 is 1.17 bits per heavy atom. The van der Waals surface area contributed by atoms with E-state index in [1.807, 2.05) is 50.2 Å². The lowest BCUT2D eigenvalue weighted by atomic mass is 10.00. The van der Waals surface area contributed by atoms with Crippen molar-refractivity contribution in [3.8, 4) is 0 Å². The lowest BCUT2D eigenvalue weighted by Gasteiger charge is -2.40. The van der Waals surface area contributed by atoms with Gasteiger partial charge >= 0.3 is 0 Å². The van der Waals surface area contributed by atoms with Crippen molar-refractivity contribution in [2.24, 2.45) is 0 Å². The summed E-state index contributed by atoms with van der Waals surface area (Å²) in [4.78, 5) is 17.3. The van der Waals surface area contributed by atoms with Crippen LogP contribution in [0.5, 0.6) is 0 Å². The molecular weight excluding hydrogens is 376 g/mol. The minimum Gasteiger partial charge on any atom is -0.397 e. The van der Waals surface area contributed by atoms with Gasteiger partial charge in [0.15, 0.2) is 0 Å². The highest BCUT2D eigenvalue weighted by atomic mass is 16.3. The molecule has 0 aromatic heterocycles. The topological polar surface area (TPSA) is 81.8 Å². The molecule has 0 spiro atoms. The molecule has 6 nitrogen and oxygen atoms in total. The van der Waals surface area contributed by atoms with Crippen LogP contribution in [-0.2, 0) is 0 Å². The zero-order chi connectivity index (χ0) is 21.7. The molecule has 2 aromatic carbocycles. The van der Waals surface area contributed by atoms with Gasteiger partial charge in [0.2, 0.25) is 0 Å². The third-order valence-corrected chi connectivity index (χ3v) is 5.62. The van der Waals surface area contributed by atoms with Gasteiger partial charge in [-0.25, -0.2) is 0 Å². The minimum absolute atomic E-state index is 0.164. The molecular formula is C24H34N4O2. The van der Waals surface area contributed by atoms with Crippen molar-refractivity contribution in [2.45, 2.75) is 45.3 Å². The molecule has 1 saturated heterocycles. The van der Waals surface area contributed by atoms with Crippen molar-refractivity contribution in [3.63, 3.8) is 0 Å². The second kappa shape index (κ2) is 9.49. The number of piperidine rings is 1. The van der Waals surface area contributed by atoms with Gasteiger partial charge in [0.1, 0.15) is 0 Å². The highest BCUT2D eigenvalue weighted by molar-refractivity contribution is 6.05. The van der Waals surface area contributed by atoms with Gasteiger partial charge < -0.3 is 26.0 Å². The zero-order valence-electron chi connectivity index (χ0n) is 18.3. The number of aliphatic hydroxyl groups is 1. The van der Waals surface area contributed by atoms with Gasteiger partial charge in [-0.3, -0.25) is 4.79 Å². The molecule has 1 fully saturated rings. The Kier molecular flexibility index (Phi) is 7.00. The number of β-amino-alcohol motifs (C(OH)–C–C–N with tert-alkyl or cyclic N) is 1. The van der Waals surface area contributed by atoms with Crippen LogP contribution in [0.1, 0.15) is 44.0 Å². The predicted octanol–water partition coefficient (Wildman–Crippen LogP) is 3.58. The van der Waals surface area contributed by atoms with Crippen LogP contribution in [0.15, 0.2) is 48.5 Å². The molecule has 1 amide bonds. The summed E-state index contributed by atoms with van der Waals surface area (Å²) in [5.41, 5.74) is 8.18. The van der Waals surface area contributed by atoms with Crippen LogP contribution in [0.4, 0.5) is 17.1 Å². The number of nitrogens with zero attached hydrogens (tertiary/aromatic N) is 2. The van der Waals surface area contributed by atoms with Gasteiger partial charge in [0.05, 0.1) is 17.0 Å². The fourth-order valence-electron chi connectivity index (χ4n) is 4.20. The molecule has 162 valence electrons. The zero-order valence-corrected chi connectivity index (χ0v) is 18.3. The number of nitrogens with one attached hydrogen (secondary N) is 1. The molecule has 0 atom stereocenters. The standard InChI is InChI=1S/C24H34N4O2/c1-4-28(20-13-15-27(16-14-20)17-24(2,3)30)19-11-9-18(10-12-19)23(29)26-22-8-6-5-7-21(22)25/h5-12,20,30H,4,13-17,25H2,1-3H3,(H,26,29). The van der Waals surface area contributed by atoms with Crippen LogP contribution in [0, 0.1) is 0 Å². The number of hydrogen-bond donors (Lipinski definition) is 3. The lowest BCUT2D eigenvalue weighted by molar-refractivity contribution is 0.0281. The number of carbonyl (C=O) groups excluding carboxylic acids is 1. The normalized spacial score (nSPS) is 15.7. The minimum atomic E-state index is -0.655. The molecule has 1 aliphatic heterocycles. The first kappa shape index (κ1) is 22.1. The van der Waals surface area contributed by atoms with Gasteiger partial charge in [0, 0.05) is 43.5 Å². The van der Waals surface area contributed by atoms with Crippen LogP contribution < -0.4 is 16.0 Å². The van der Waals surface area contributed by atoms with Crippen molar-refractivity contribution in [1.82, 2.24) is 4.90 Å². The van der Waals surface area contributed by atoms with Crippen LogP contribution in [0.2, 0.25) is 0 Å². The quantitative estimate of drug-likeness (QED) is 0.608. The summed E-state index contributed by atoms with van der Waals surface area (Å²) < 4.78 is 0. The number of nitrogen functional groups attached to an aromatic ring is 1. The van der Waals surface area contributed by atoms with E-state index >= 15 is 0 Å². The third kappa shape index (κ3) is 5.74. The first-order chi connectivity index (χ1) is 14.3. The molecule has 3 rings (SSSR count). The van der Waals surface area contributed by atoms with Gasteiger partial charge in [-0.2, -0.15) is 0 Å². The number of para-hydroxylation sites is 2. The van der Waals surface area contributed by atoms with Crippen LogP contribution in [0.3, 0.4) is 0 Å². The largest absolute Gasteiger partial charge is 0.397 e. The van der Waals surface area contributed by atoms with Gasteiger partial charge in [-0.1, -0.05) is 12.1 Å². The highest BCUT2D eigenvalue weighted by Crippen LogP contribution is 2.25. The fraction of sp³-hybridized carbons (Fsp3) is 0.458. The molecule has 0 saturated carbocycles. The number of nitrogens with two attached hydrogens (primary N) is 1. The van der Waals surface area contributed by atoms with E-state index < -0.39 is 5.60 Å². The average molecular weight is 411 g/mol. The van der Waals surface area contributed by atoms with Crippen molar-refractivity contribution in [2.75, 3.05) is 42.1 Å². The molecule has 0 aliphatic carbocycles. The Morgan fingerprint density at radius 2 is 1.80 bits per heavy atom. The lowest BCUT2D eigenvalue weighted by Crippen LogP contribution is -2.48. The Labute approximate surface area is 179 Å². The van der Waals surface area contributed by atoms with Gasteiger partial charge in [0.25, 0.3) is 5.91 Å². The Hall–Kier alpha value is -2.57. The van der Waals surface area contributed by atoms with Crippen LogP contribution in [0.25, 0.3) is 0 Å². The average Bonchev–Trinajstić information content (AvgIpc) is 2.71. The third-order valence-electron chi connectivity index (χ3n) is 5.62. The highest BCUT2D eigenvalue weighted by Gasteiger charge is 2.27. The Morgan fingerprint density at radius 3 is 2.37 bits per heavy atom. The molecule has 2 aromatic rings. The van der Waals surface area contributed by atoms with E-state index in [4.69, 9.17) is 5.73 Å². The monoisotopic (exact) mass is 410 g/mol. The maximum atomic E-state index is 12.6. The summed E-state index contributed by atoms with van der Waals surface area (Å²) >= 11 is 0. The molecule has 6 heteroatoms. The SMILES string of the molecule is CCN(c1ccc(C(=O)Nc2ccccc2N)cc1)C1CCN(CC(C)(C)O)CC1. The van der Waals surface area contributed by atoms with Crippen molar-refractivity contribution >= 4 is 23.0 Å². The Balaban J connectivity index is 1.61. The Bertz CT molecular complexity index is 837. The van der Waals surface area contributed by atoms with E-state index in [-0.39, 0.29) is 5.91 Å². The van der Waals surface area contributed by atoms with Gasteiger partial charge in [-0.05, 0) is 70.0 Å². The van der Waals surface area contributed by atoms with E-state index in [2.05, 4.69) is 22.0 Å². The van der Waals surface area contributed by atoms with Crippen molar-refractivity contribution in [3.05, 3.63) is 54.1 Å². The molecule has 1 aliphatic rings. The van der Waals surface area contributed by atoms with Gasteiger partial charge in [-0.15, -0.1) is 0 Å². The number of likely N-dealkylation sites (tertiary alicyclic amines) is 1. The number of benzene rings is 2. The maximum absolute atomic E-state index is 12.6.